The van der Waals surface area contributed by atoms with Crippen molar-refractivity contribution in [1.82, 2.24) is 4.98 Å². The second-order valence-electron chi connectivity index (χ2n) is 5.32. The normalized spacial score (nSPS) is 11.3. The molecule has 0 spiro atoms. The van der Waals surface area contributed by atoms with Crippen LogP contribution in [0.15, 0.2) is 52.8 Å². The van der Waals surface area contributed by atoms with Gasteiger partial charge in [0.15, 0.2) is 0 Å². The second kappa shape index (κ2) is 7.36. The molecule has 0 unspecified atom stereocenters. The molecule has 0 N–H and O–H groups in total. The van der Waals surface area contributed by atoms with E-state index in [9.17, 15) is 0 Å². The van der Waals surface area contributed by atoms with Crippen molar-refractivity contribution in [2.75, 3.05) is 38.0 Å². The molecule has 0 amide bonds. The summed E-state index contributed by atoms with van der Waals surface area (Å²) in [5, 5.41) is 8.11. The van der Waals surface area contributed by atoms with Crippen LogP contribution in [0.25, 0.3) is 0 Å². The zero-order valence-electron chi connectivity index (χ0n) is 13.4. The lowest BCUT2D eigenvalue weighted by molar-refractivity contribution is 1.07. The smallest absolute Gasteiger partial charge is 0.127 e. The number of hydrogen-bond acceptors (Lipinski definition) is 5. The molecule has 0 saturated carbocycles. The molecule has 2 rings (SSSR count). The molecule has 2 aromatic rings. The summed E-state index contributed by atoms with van der Waals surface area (Å²) in [6.45, 7) is 0. The maximum Gasteiger partial charge on any atom is 0.127 e. The Morgan fingerprint density at radius 1 is 0.773 bits per heavy atom. The topological polar surface area (TPSA) is 44.1 Å². The zero-order valence-corrected chi connectivity index (χ0v) is 13.4. The van der Waals surface area contributed by atoms with Crippen LogP contribution >= 0.6 is 0 Å². The van der Waals surface area contributed by atoms with E-state index in [0.717, 1.165) is 22.6 Å². The third kappa shape index (κ3) is 4.41. The van der Waals surface area contributed by atoms with Crippen LogP contribution in [-0.4, -0.2) is 45.6 Å². The molecule has 0 aliphatic rings. The van der Waals surface area contributed by atoms with Crippen LogP contribution in [0.2, 0.25) is 0 Å². The van der Waals surface area contributed by atoms with Gasteiger partial charge < -0.3 is 9.80 Å². The number of aromatic nitrogens is 1. The lowest BCUT2D eigenvalue weighted by Gasteiger charge is -2.11. The maximum atomic E-state index is 4.32. The Balaban J connectivity index is 1.96. The Bertz CT molecular complexity index is 580. The molecule has 0 saturated heterocycles. The van der Waals surface area contributed by atoms with E-state index in [0.29, 0.717) is 0 Å². The quantitative estimate of drug-likeness (QED) is 0.629. The summed E-state index contributed by atoms with van der Waals surface area (Å²) in [6, 6.07) is 12.0. The van der Waals surface area contributed by atoms with Gasteiger partial charge in [-0.1, -0.05) is 12.1 Å². The summed E-state index contributed by atoms with van der Waals surface area (Å²) in [5.74, 6) is 0.918. The number of hydrogen-bond donors (Lipinski definition) is 0. The summed E-state index contributed by atoms with van der Waals surface area (Å²) in [5.41, 5.74) is 3.10. The molecule has 0 bridgehead atoms. The minimum Gasteiger partial charge on any atom is -0.378 e. The third-order valence-electron chi connectivity index (χ3n) is 3.12. The molecule has 0 atom stereocenters. The first-order chi connectivity index (χ1) is 10.6. The van der Waals surface area contributed by atoms with Crippen molar-refractivity contribution in [3.63, 3.8) is 0 Å². The van der Waals surface area contributed by atoms with Crippen molar-refractivity contribution in [1.29, 1.82) is 0 Å². The van der Waals surface area contributed by atoms with E-state index in [-0.39, 0.29) is 0 Å². The molecule has 0 aliphatic heterocycles. The molecule has 0 fully saturated rings. The highest BCUT2D eigenvalue weighted by atomic mass is 15.2. The number of nitrogens with zero attached hydrogens (tertiary/aromatic N) is 5. The number of pyridine rings is 1. The largest absolute Gasteiger partial charge is 0.378 e. The molecule has 22 heavy (non-hydrogen) atoms. The Morgan fingerprint density at radius 3 is 1.86 bits per heavy atom. The van der Waals surface area contributed by atoms with Gasteiger partial charge in [-0.3, -0.25) is 0 Å². The van der Waals surface area contributed by atoms with Gasteiger partial charge in [0.1, 0.15) is 5.82 Å². The van der Waals surface area contributed by atoms with Gasteiger partial charge in [-0.05, 0) is 29.8 Å². The fraction of sp³-hybridized carbons (Fsp3) is 0.235. The fourth-order valence-corrected chi connectivity index (χ4v) is 1.80. The minimum atomic E-state index is 0.918. The van der Waals surface area contributed by atoms with E-state index in [2.05, 4.69) is 32.2 Å². The van der Waals surface area contributed by atoms with Crippen LogP contribution in [0.5, 0.6) is 0 Å². The molecule has 114 valence electrons. The van der Waals surface area contributed by atoms with Gasteiger partial charge in [0.25, 0.3) is 0 Å². The van der Waals surface area contributed by atoms with Crippen molar-refractivity contribution >= 4 is 23.9 Å². The van der Waals surface area contributed by atoms with Crippen LogP contribution in [0.3, 0.4) is 0 Å². The summed E-state index contributed by atoms with van der Waals surface area (Å²) < 4.78 is 0. The second-order valence-corrected chi connectivity index (χ2v) is 5.32. The summed E-state index contributed by atoms with van der Waals surface area (Å²) in [7, 11) is 7.95. The molecule has 1 aromatic heterocycles. The van der Waals surface area contributed by atoms with Gasteiger partial charge in [0, 0.05) is 45.6 Å². The number of anilines is 2. The zero-order chi connectivity index (χ0) is 15.9. The molecule has 1 aromatic carbocycles. The summed E-state index contributed by atoms with van der Waals surface area (Å²) in [4.78, 5) is 8.33. The van der Waals surface area contributed by atoms with Crippen LogP contribution in [0.4, 0.5) is 11.5 Å². The predicted octanol–water partition coefficient (Wildman–Crippen LogP) is 2.67. The van der Waals surface area contributed by atoms with Gasteiger partial charge in [-0.2, -0.15) is 10.2 Å². The average molecular weight is 295 g/mol. The van der Waals surface area contributed by atoms with E-state index >= 15 is 0 Å². The van der Waals surface area contributed by atoms with E-state index in [1.165, 1.54) is 0 Å². The number of rotatable bonds is 5. The lowest BCUT2D eigenvalue weighted by Crippen LogP contribution is -2.10. The summed E-state index contributed by atoms with van der Waals surface area (Å²) >= 11 is 0. The predicted molar refractivity (Wildman–Crippen MR) is 94.5 cm³/mol. The monoisotopic (exact) mass is 295 g/mol. The van der Waals surface area contributed by atoms with Crippen molar-refractivity contribution in [3.8, 4) is 0 Å². The highest BCUT2D eigenvalue weighted by Gasteiger charge is 1.95. The van der Waals surface area contributed by atoms with E-state index < -0.39 is 0 Å². The standard InChI is InChI=1S/C17H21N5/c1-21(2)16-8-5-14(6-9-16)12-19-20-13-15-7-10-17(18-11-15)22(3)4/h5-13H,1-4H3/b19-12+,20-13+. The van der Waals surface area contributed by atoms with Crippen LogP contribution in [-0.2, 0) is 0 Å². The molecule has 5 heteroatoms. The number of benzene rings is 1. The minimum absolute atomic E-state index is 0.918. The molecule has 0 radical (unpaired) electrons. The first kappa shape index (κ1) is 15.7. The molecule has 0 aliphatic carbocycles. The Hall–Kier alpha value is -2.69. The summed E-state index contributed by atoms with van der Waals surface area (Å²) in [6.07, 6.45) is 5.20. The average Bonchev–Trinajstić information content (AvgIpc) is 2.52. The Labute approximate surface area is 131 Å². The van der Waals surface area contributed by atoms with Gasteiger partial charge in [0.05, 0.1) is 12.4 Å². The van der Waals surface area contributed by atoms with E-state index in [1.807, 2.05) is 57.4 Å². The fourth-order valence-electron chi connectivity index (χ4n) is 1.80. The lowest BCUT2D eigenvalue weighted by atomic mass is 10.2. The van der Waals surface area contributed by atoms with E-state index in [4.69, 9.17) is 0 Å². The first-order valence-corrected chi connectivity index (χ1v) is 7.03. The van der Waals surface area contributed by atoms with Gasteiger partial charge in [-0.15, -0.1) is 0 Å². The molecular weight excluding hydrogens is 274 g/mol. The SMILES string of the molecule is CN(C)c1ccc(/C=N/N=C/c2ccc(N(C)C)nc2)cc1. The molecular formula is C17H21N5. The van der Waals surface area contributed by atoms with Crippen molar-refractivity contribution in [3.05, 3.63) is 53.7 Å². The Kier molecular flexibility index (Phi) is 5.25. The van der Waals surface area contributed by atoms with Crippen LogP contribution < -0.4 is 9.80 Å². The first-order valence-electron chi connectivity index (χ1n) is 7.03. The van der Waals surface area contributed by atoms with Gasteiger partial charge in [-0.25, -0.2) is 4.98 Å². The highest BCUT2D eigenvalue weighted by molar-refractivity contribution is 5.83. The Morgan fingerprint density at radius 2 is 1.36 bits per heavy atom. The van der Waals surface area contributed by atoms with E-state index in [1.54, 1.807) is 18.6 Å². The molecule has 1 heterocycles. The maximum absolute atomic E-state index is 4.32. The van der Waals surface area contributed by atoms with Gasteiger partial charge in [0.2, 0.25) is 0 Å². The van der Waals surface area contributed by atoms with Crippen molar-refractivity contribution < 1.29 is 0 Å². The third-order valence-corrected chi connectivity index (χ3v) is 3.12. The van der Waals surface area contributed by atoms with Crippen LogP contribution in [0.1, 0.15) is 11.1 Å². The molecule has 5 nitrogen and oxygen atoms in total. The van der Waals surface area contributed by atoms with Gasteiger partial charge >= 0.3 is 0 Å². The van der Waals surface area contributed by atoms with Crippen LogP contribution in [0, 0.1) is 0 Å². The highest BCUT2D eigenvalue weighted by Crippen LogP contribution is 2.11. The van der Waals surface area contributed by atoms with Crippen molar-refractivity contribution in [2.45, 2.75) is 0 Å². The van der Waals surface area contributed by atoms with Crippen molar-refractivity contribution in [2.24, 2.45) is 10.2 Å².